The van der Waals surface area contributed by atoms with E-state index in [1.54, 1.807) is 30.6 Å². The molecule has 4 aromatic rings. The van der Waals surface area contributed by atoms with Gasteiger partial charge in [-0.25, -0.2) is 14.4 Å². The number of halogens is 1. The summed E-state index contributed by atoms with van der Waals surface area (Å²) in [5.74, 6) is 0.477. The lowest BCUT2D eigenvalue weighted by atomic mass is 10.1. The number of piperazine rings is 1. The van der Waals surface area contributed by atoms with Crippen molar-refractivity contribution in [2.75, 3.05) is 31.1 Å². The fourth-order valence-electron chi connectivity index (χ4n) is 4.07. The predicted octanol–water partition coefficient (Wildman–Crippen LogP) is 3.58. The van der Waals surface area contributed by atoms with Crippen molar-refractivity contribution < 1.29 is 9.18 Å². The molecule has 0 atom stereocenters. The van der Waals surface area contributed by atoms with Gasteiger partial charge in [-0.1, -0.05) is 30.3 Å². The number of carbonyl (C=O) groups is 1. The van der Waals surface area contributed by atoms with E-state index in [1.807, 2.05) is 35.4 Å². The van der Waals surface area contributed by atoms with Gasteiger partial charge in [-0.2, -0.15) is 0 Å². The molecule has 3 heterocycles. The first-order valence-corrected chi connectivity index (χ1v) is 10.3. The number of nitrogens with zero attached hydrogens (tertiary/aromatic N) is 5. The zero-order chi connectivity index (χ0) is 21.2. The third kappa shape index (κ3) is 3.86. The standard InChI is InChI=1S/C24H22FN5O/c25-19-8-6-18(7-9-19)16-30-17-21(20-4-1-2-5-22(20)30)23(31)28-12-14-29(15-13-28)24-26-10-3-11-27-24/h1-11,17H,12-16H2. The molecule has 2 aromatic heterocycles. The fourth-order valence-corrected chi connectivity index (χ4v) is 4.07. The van der Waals surface area contributed by atoms with E-state index in [9.17, 15) is 9.18 Å². The van der Waals surface area contributed by atoms with Crippen molar-refractivity contribution in [1.82, 2.24) is 19.4 Å². The maximum atomic E-state index is 13.4. The zero-order valence-corrected chi connectivity index (χ0v) is 17.0. The summed E-state index contributed by atoms with van der Waals surface area (Å²) < 4.78 is 15.3. The lowest BCUT2D eigenvalue weighted by Gasteiger charge is -2.34. The Bertz CT molecular complexity index is 1200. The van der Waals surface area contributed by atoms with Crippen LogP contribution >= 0.6 is 0 Å². The Hall–Kier alpha value is -3.74. The minimum Gasteiger partial charge on any atom is -0.342 e. The number of anilines is 1. The highest BCUT2D eigenvalue weighted by Gasteiger charge is 2.25. The van der Waals surface area contributed by atoms with Crippen molar-refractivity contribution in [2.45, 2.75) is 6.54 Å². The average molecular weight is 415 g/mol. The number of para-hydroxylation sites is 1. The number of aromatic nitrogens is 3. The topological polar surface area (TPSA) is 54.3 Å². The van der Waals surface area contributed by atoms with Crippen molar-refractivity contribution in [1.29, 1.82) is 0 Å². The molecule has 1 saturated heterocycles. The predicted molar refractivity (Wildman–Crippen MR) is 118 cm³/mol. The first kappa shape index (κ1) is 19.2. The van der Waals surface area contributed by atoms with Gasteiger partial charge < -0.3 is 14.4 Å². The number of hydrogen-bond donors (Lipinski definition) is 0. The van der Waals surface area contributed by atoms with Crippen LogP contribution in [0.1, 0.15) is 15.9 Å². The highest BCUT2D eigenvalue weighted by molar-refractivity contribution is 6.07. The Balaban J connectivity index is 1.37. The third-order valence-corrected chi connectivity index (χ3v) is 5.69. The molecule has 5 rings (SSSR count). The van der Waals surface area contributed by atoms with Crippen LogP contribution in [0.5, 0.6) is 0 Å². The second-order valence-corrected chi connectivity index (χ2v) is 7.64. The van der Waals surface area contributed by atoms with Gasteiger partial charge in [0, 0.05) is 62.2 Å². The molecule has 1 amide bonds. The fraction of sp³-hybridized carbons (Fsp3) is 0.208. The van der Waals surface area contributed by atoms with Crippen molar-refractivity contribution >= 4 is 22.8 Å². The van der Waals surface area contributed by atoms with Gasteiger partial charge in [0.15, 0.2) is 0 Å². The number of carbonyl (C=O) groups excluding carboxylic acids is 1. The summed E-state index contributed by atoms with van der Waals surface area (Å²) in [5.41, 5.74) is 2.67. The Morgan fingerprint density at radius 3 is 2.35 bits per heavy atom. The first-order chi connectivity index (χ1) is 15.2. The Kier molecular flexibility index (Phi) is 5.08. The van der Waals surface area contributed by atoms with Crippen LogP contribution in [0, 0.1) is 5.82 Å². The minimum atomic E-state index is -0.253. The van der Waals surface area contributed by atoms with Crippen LogP contribution in [0.2, 0.25) is 0 Å². The van der Waals surface area contributed by atoms with Gasteiger partial charge in [-0.3, -0.25) is 4.79 Å². The van der Waals surface area contributed by atoms with Crippen LogP contribution in [-0.2, 0) is 6.54 Å². The average Bonchev–Trinajstić information content (AvgIpc) is 3.19. The monoisotopic (exact) mass is 415 g/mol. The minimum absolute atomic E-state index is 0.0303. The Morgan fingerprint density at radius 1 is 0.903 bits per heavy atom. The van der Waals surface area contributed by atoms with E-state index in [2.05, 4.69) is 19.4 Å². The quantitative estimate of drug-likeness (QED) is 0.511. The van der Waals surface area contributed by atoms with E-state index < -0.39 is 0 Å². The largest absolute Gasteiger partial charge is 0.342 e. The number of rotatable bonds is 4. The molecule has 7 heteroatoms. The van der Waals surface area contributed by atoms with Gasteiger partial charge in [0.25, 0.3) is 5.91 Å². The van der Waals surface area contributed by atoms with Crippen LogP contribution in [-0.4, -0.2) is 51.5 Å². The van der Waals surface area contributed by atoms with Gasteiger partial charge in [0.2, 0.25) is 5.95 Å². The van der Waals surface area contributed by atoms with Crippen LogP contribution in [0.4, 0.5) is 10.3 Å². The summed E-state index contributed by atoms with van der Waals surface area (Å²) in [4.78, 5) is 26.0. The van der Waals surface area contributed by atoms with E-state index in [0.29, 0.717) is 44.2 Å². The summed E-state index contributed by atoms with van der Waals surface area (Å²) in [7, 11) is 0. The van der Waals surface area contributed by atoms with Gasteiger partial charge >= 0.3 is 0 Å². The molecule has 0 N–H and O–H groups in total. The van der Waals surface area contributed by atoms with Crippen LogP contribution in [0.15, 0.2) is 73.2 Å². The maximum absolute atomic E-state index is 13.4. The second-order valence-electron chi connectivity index (χ2n) is 7.64. The van der Waals surface area contributed by atoms with E-state index in [1.165, 1.54) is 12.1 Å². The Labute approximate surface area is 179 Å². The highest BCUT2D eigenvalue weighted by atomic mass is 19.1. The van der Waals surface area contributed by atoms with Gasteiger partial charge in [-0.05, 0) is 29.8 Å². The molecule has 31 heavy (non-hydrogen) atoms. The van der Waals surface area contributed by atoms with Crippen molar-refractivity contribution in [3.63, 3.8) is 0 Å². The third-order valence-electron chi connectivity index (χ3n) is 5.69. The summed E-state index contributed by atoms with van der Waals surface area (Å²) in [6.07, 6.45) is 5.38. The van der Waals surface area contributed by atoms with Crippen LogP contribution in [0.25, 0.3) is 10.9 Å². The Morgan fingerprint density at radius 2 is 1.61 bits per heavy atom. The molecule has 0 radical (unpaired) electrons. The van der Waals surface area contributed by atoms with Gasteiger partial charge in [0.1, 0.15) is 5.82 Å². The number of amides is 1. The van der Waals surface area contributed by atoms with Crippen LogP contribution in [0.3, 0.4) is 0 Å². The van der Waals surface area contributed by atoms with Gasteiger partial charge in [-0.15, -0.1) is 0 Å². The molecule has 2 aromatic carbocycles. The lowest BCUT2D eigenvalue weighted by Crippen LogP contribution is -2.49. The molecule has 0 saturated carbocycles. The van der Waals surface area contributed by atoms with Crippen molar-refractivity contribution in [3.8, 4) is 0 Å². The second kappa shape index (κ2) is 8.18. The molecule has 1 fully saturated rings. The smallest absolute Gasteiger partial charge is 0.256 e. The molecular weight excluding hydrogens is 393 g/mol. The normalized spacial score (nSPS) is 14.2. The van der Waals surface area contributed by atoms with E-state index in [4.69, 9.17) is 0 Å². The number of hydrogen-bond acceptors (Lipinski definition) is 4. The molecular formula is C24H22FN5O. The maximum Gasteiger partial charge on any atom is 0.256 e. The molecule has 0 unspecified atom stereocenters. The van der Waals surface area contributed by atoms with E-state index in [0.717, 1.165) is 16.5 Å². The molecule has 1 aliphatic heterocycles. The number of benzene rings is 2. The summed E-state index contributed by atoms with van der Waals surface area (Å²) in [6, 6.07) is 16.2. The molecule has 156 valence electrons. The van der Waals surface area contributed by atoms with Crippen LogP contribution < -0.4 is 4.90 Å². The first-order valence-electron chi connectivity index (χ1n) is 10.3. The van der Waals surface area contributed by atoms with Crippen molar-refractivity contribution in [2.24, 2.45) is 0 Å². The molecule has 1 aliphatic rings. The number of fused-ring (bicyclic) bond motifs is 1. The molecule has 0 spiro atoms. The zero-order valence-electron chi connectivity index (χ0n) is 17.0. The summed E-state index contributed by atoms with van der Waals surface area (Å²) in [5, 5.41) is 0.934. The van der Waals surface area contributed by atoms with Gasteiger partial charge in [0.05, 0.1) is 5.56 Å². The SMILES string of the molecule is O=C(c1cn(Cc2ccc(F)cc2)c2ccccc12)N1CCN(c2ncccn2)CC1. The van der Waals surface area contributed by atoms with E-state index in [-0.39, 0.29) is 11.7 Å². The molecule has 0 bridgehead atoms. The summed E-state index contributed by atoms with van der Waals surface area (Å²) >= 11 is 0. The van der Waals surface area contributed by atoms with Crippen molar-refractivity contribution in [3.05, 3.63) is 90.1 Å². The van der Waals surface area contributed by atoms with E-state index >= 15 is 0 Å². The lowest BCUT2D eigenvalue weighted by molar-refractivity contribution is 0.0748. The molecule has 0 aliphatic carbocycles. The summed E-state index contributed by atoms with van der Waals surface area (Å²) in [6.45, 7) is 3.21. The highest BCUT2D eigenvalue weighted by Crippen LogP contribution is 2.24. The molecule has 6 nitrogen and oxygen atoms in total.